The van der Waals surface area contributed by atoms with Crippen molar-refractivity contribution in [2.75, 3.05) is 27.2 Å². The third kappa shape index (κ3) is 4.64. The number of nitrogens with one attached hydrogen (secondary N) is 2. The van der Waals surface area contributed by atoms with Crippen LogP contribution < -0.4 is 20.1 Å². The van der Waals surface area contributed by atoms with Crippen molar-refractivity contribution < 1.29 is 28.2 Å². The molecule has 1 amide bonds. The molecule has 190 valence electrons. The van der Waals surface area contributed by atoms with E-state index in [1.807, 2.05) is 30.3 Å². The van der Waals surface area contributed by atoms with Gasteiger partial charge in [0.1, 0.15) is 18.2 Å². The Labute approximate surface area is 213 Å². The van der Waals surface area contributed by atoms with E-state index in [0.717, 1.165) is 5.56 Å². The van der Waals surface area contributed by atoms with Crippen LogP contribution in [-0.2, 0) is 12.0 Å². The Balaban J connectivity index is 1.96. The fourth-order valence-corrected chi connectivity index (χ4v) is 4.80. The number of ether oxygens (including phenoxy) is 2. The maximum atomic E-state index is 16.0. The molecule has 0 spiro atoms. The van der Waals surface area contributed by atoms with Gasteiger partial charge in [-0.1, -0.05) is 41.9 Å². The van der Waals surface area contributed by atoms with Gasteiger partial charge in [0, 0.05) is 42.8 Å². The summed E-state index contributed by atoms with van der Waals surface area (Å²) in [6.07, 6.45) is -0.608. The molecule has 9 heteroatoms. The highest BCUT2D eigenvalue weighted by Crippen LogP contribution is 2.50. The van der Waals surface area contributed by atoms with E-state index < -0.39 is 29.2 Å². The first-order valence-corrected chi connectivity index (χ1v) is 11.9. The van der Waals surface area contributed by atoms with Crippen LogP contribution in [0.5, 0.6) is 11.5 Å². The molecule has 1 unspecified atom stereocenters. The molecule has 4 rings (SSSR count). The molecule has 0 saturated carbocycles. The fraction of sp³-hybridized carbons (Fsp3) is 0.296. The Morgan fingerprint density at radius 3 is 2.56 bits per heavy atom. The number of benzene rings is 3. The Bertz CT molecular complexity index is 1290. The molecule has 2 atom stereocenters. The van der Waals surface area contributed by atoms with Crippen LogP contribution in [0.2, 0.25) is 5.02 Å². The molecule has 0 aliphatic carbocycles. The van der Waals surface area contributed by atoms with Gasteiger partial charge >= 0.3 is 0 Å². The average molecular weight is 517 g/mol. The smallest absolute Gasteiger partial charge is 0.251 e. The number of amides is 1. The monoisotopic (exact) mass is 516 g/mol. The van der Waals surface area contributed by atoms with Crippen molar-refractivity contribution in [1.82, 2.24) is 10.6 Å². The quantitative estimate of drug-likeness (QED) is 0.412. The maximum absolute atomic E-state index is 16.0. The normalized spacial score (nSPS) is 17.3. The van der Waals surface area contributed by atoms with Crippen LogP contribution in [-0.4, -0.2) is 44.4 Å². The number of fused-ring (bicyclic) bond motifs is 1. The van der Waals surface area contributed by atoms with Gasteiger partial charge < -0.3 is 25.2 Å². The summed E-state index contributed by atoms with van der Waals surface area (Å²) in [6, 6.07) is 13.3. The van der Waals surface area contributed by atoms with Crippen LogP contribution in [0.15, 0.2) is 48.5 Å². The van der Waals surface area contributed by atoms with Crippen LogP contribution in [0.1, 0.15) is 28.4 Å². The molecule has 0 fully saturated rings. The Kier molecular flexibility index (Phi) is 7.49. The van der Waals surface area contributed by atoms with Crippen LogP contribution in [0.3, 0.4) is 0 Å². The molecule has 0 saturated heterocycles. The highest BCUT2D eigenvalue weighted by Gasteiger charge is 2.43. The third-order valence-electron chi connectivity index (χ3n) is 6.12. The minimum absolute atomic E-state index is 0.0270. The Hall–Kier alpha value is -3.20. The molecule has 0 bridgehead atoms. The predicted octanol–water partition coefficient (Wildman–Crippen LogP) is 4.45. The first kappa shape index (κ1) is 25.9. The molecule has 1 heterocycles. The molecule has 3 aromatic rings. The molecular formula is C27H27ClF2N2O4. The van der Waals surface area contributed by atoms with E-state index in [9.17, 15) is 9.90 Å². The fourth-order valence-electron chi connectivity index (χ4n) is 4.54. The number of halogens is 3. The van der Waals surface area contributed by atoms with Crippen LogP contribution in [0.25, 0.3) is 11.1 Å². The first-order valence-electron chi connectivity index (χ1n) is 11.5. The predicted molar refractivity (Wildman–Crippen MR) is 134 cm³/mol. The lowest BCUT2D eigenvalue weighted by molar-refractivity contribution is 0.0940. The van der Waals surface area contributed by atoms with Gasteiger partial charge in [-0.3, -0.25) is 4.79 Å². The van der Waals surface area contributed by atoms with Gasteiger partial charge in [-0.25, -0.2) is 8.78 Å². The summed E-state index contributed by atoms with van der Waals surface area (Å²) >= 11 is 6.47. The number of carbonyl (C=O) groups is 1. The largest absolute Gasteiger partial charge is 0.488 e. The summed E-state index contributed by atoms with van der Waals surface area (Å²) in [5.74, 6) is -2.27. The van der Waals surface area contributed by atoms with E-state index >= 15 is 8.78 Å². The summed E-state index contributed by atoms with van der Waals surface area (Å²) in [5, 5.41) is 14.9. The summed E-state index contributed by atoms with van der Waals surface area (Å²) in [7, 11) is 3.19. The van der Waals surface area contributed by atoms with Crippen molar-refractivity contribution in [2.45, 2.75) is 25.0 Å². The van der Waals surface area contributed by atoms with Crippen LogP contribution >= 0.6 is 11.6 Å². The van der Waals surface area contributed by atoms with Gasteiger partial charge in [0.25, 0.3) is 5.91 Å². The second-order valence-corrected chi connectivity index (χ2v) is 9.11. The molecule has 36 heavy (non-hydrogen) atoms. The van der Waals surface area contributed by atoms with E-state index in [0.29, 0.717) is 12.1 Å². The molecule has 3 aromatic carbocycles. The van der Waals surface area contributed by atoms with Crippen molar-refractivity contribution in [3.05, 3.63) is 81.9 Å². The van der Waals surface area contributed by atoms with E-state index in [2.05, 4.69) is 10.6 Å². The number of carbonyl (C=O) groups excluding carboxylic acids is 1. The standard InChI is InChI=1S/C27H27ClF2N2O4/c1-15(33)13-35-20-10-9-17(26(34)32-3)23(25(20)30)22-18-12-27(14-31-2,16-7-5-4-6-8-16)36-21(18)11-19(29)24(22)28/h4-11,15,31,33H,12-14H2,1-3H3,(H,32,34)/t15?,27-/m1/s1. The number of aliphatic hydroxyl groups is 1. The van der Waals surface area contributed by atoms with Crippen molar-refractivity contribution in [2.24, 2.45) is 0 Å². The van der Waals surface area contributed by atoms with Gasteiger partial charge in [0.15, 0.2) is 17.2 Å². The molecule has 0 radical (unpaired) electrons. The lowest BCUT2D eigenvalue weighted by atomic mass is 9.85. The lowest BCUT2D eigenvalue weighted by Crippen LogP contribution is -2.41. The van der Waals surface area contributed by atoms with Crippen molar-refractivity contribution in [3.63, 3.8) is 0 Å². The second-order valence-electron chi connectivity index (χ2n) is 8.73. The van der Waals surface area contributed by atoms with Crippen LogP contribution in [0.4, 0.5) is 8.78 Å². The zero-order valence-electron chi connectivity index (χ0n) is 20.1. The SMILES string of the molecule is CNC[C@@]1(c2ccccc2)Cc2c(cc(F)c(Cl)c2-c2c(C(=O)NC)ccc(OCC(C)O)c2F)O1. The number of aliphatic hydroxyl groups excluding tert-OH is 1. The zero-order chi connectivity index (χ0) is 26.0. The van der Waals surface area contributed by atoms with Gasteiger partial charge in [-0.2, -0.15) is 0 Å². The zero-order valence-corrected chi connectivity index (χ0v) is 20.9. The van der Waals surface area contributed by atoms with Gasteiger partial charge in [-0.05, 0) is 31.7 Å². The minimum Gasteiger partial charge on any atom is -0.488 e. The lowest BCUT2D eigenvalue weighted by Gasteiger charge is -2.29. The summed E-state index contributed by atoms with van der Waals surface area (Å²) in [4.78, 5) is 12.7. The number of hydrogen-bond acceptors (Lipinski definition) is 5. The van der Waals surface area contributed by atoms with Crippen molar-refractivity contribution in [3.8, 4) is 22.6 Å². The van der Waals surface area contributed by atoms with E-state index in [-0.39, 0.29) is 46.2 Å². The van der Waals surface area contributed by atoms with Crippen molar-refractivity contribution >= 4 is 17.5 Å². The van der Waals surface area contributed by atoms with E-state index in [4.69, 9.17) is 21.1 Å². The van der Waals surface area contributed by atoms with Crippen LogP contribution in [0, 0.1) is 11.6 Å². The van der Waals surface area contributed by atoms with E-state index in [1.54, 1.807) is 7.05 Å². The Morgan fingerprint density at radius 2 is 1.92 bits per heavy atom. The van der Waals surface area contributed by atoms with Gasteiger partial charge in [0.05, 0.1) is 16.7 Å². The topological polar surface area (TPSA) is 79.8 Å². The highest BCUT2D eigenvalue weighted by molar-refractivity contribution is 6.34. The summed E-state index contributed by atoms with van der Waals surface area (Å²) < 4.78 is 42.9. The third-order valence-corrected chi connectivity index (χ3v) is 6.49. The van der Waals surface area contributed by atoms with Gasteiger partial charge in [0.2, 0.25) is 0 Å². The number of rotatable bonds is 8. The van der Waals surface area contributed by atoms with Crippen molar-refractivity contribution in [1.29, 1.82) is 0 Å². The van der Waals surface area contributed by atoms with E-state index in [1.165, 1.54) is 32.2 Å². The second kappa shape index (κ2) is 10.4. The molecule has 1 aliphatic heterocycles. The minimum atomic E-state index is -0.908. The summed E-state index contributed by atoms with van der Waals surface area (Å²) in [6.45, 7) is 1.70. The molecule has 1 aliphatic rings. The number of likely N-dealkylation sites (N-methyl/N-ethyl adjacent to an activating group) is 1. The number of hydrogen-bond donors (Lipinski definition) is 3. The Morgan fingerprint density at radius 1 is 1.19 bits per heavy atom. The summed E-state index contributed by atoms with van der Waals surface area (Å²) in [5.41, 5.74) is 0.194. The molecular weight excluding hydrogens is 490 g/mol. The molecule has 6 nitrogen and oxygen atoms in total. The average Bonchev–Trinajstić information content (AvgIpc) is 3.23. The van der Waals surface area contributed by atoms with Gasteiger partial charge in [-0.15, -0.1) is 0 Å². The molecule has 0 aromatic heterocycles. The maximum Gasteiger partial charge on any atom is 0.251 e. The first-order chi connectivity index (χ1) is 17.2. The molecule has 3 N–H and O–H groups in total. The highest BCUT2D eigenvalue weighted by atomic mass is 35.5.